The minimum absolute atomic E-state index is 0.227. The first-order chi connectivity index (χ1) is 12.7. The van der Waals surface area contributed by atoms with Crippen molar-refractivity contribution in [1.82, 2.24) is 24.7 Å². The van der Waals surface area contributed by atoms with Crippen LogP contribution in [0.4, 0.5) is 0 Å². The van der Waals surface area contributed by atoms with Crippen molar-refractivity contribution in [3.63, 3.8) is 0 Å². The Morgan fingerprint density at radius 2 is 1.92 bits per heavy atom. The zero-order valence-corrected chi connectivity index (χ0v) is 15.8. The number of aromatic nitrogens is 2. The highest BCUT2D eigenvalue weighted by atomic mass is 32.2. The molecule has 0 amide bonds. The molecule has 0 aliphatic carbocycles. The van der Waals surface area contributed by atoms with Crippen LogP contribution in [0.5, 0.6) is 0 Å². The Morgan fingerprint density at radius 3 is 2.69 bits per heavy atom. The molecule has 2 unspecified atom stereocenters. The van der Waals surface area contributed by atoms with E-state index in [2.05, 4.69) is 31.7 Å². The van der Waals surface area contributed by atoms with Gasteiger partial charge in [0.1, 0.15) is 5.76 Å². The van der Waals surface area contributed by atoms with Gasteiger partial charge < -0.3 is 14.4 Å². The molecule has 1 N–H and O–H groups in total. The number of furan rings is 1. The third kappa shape index (κ3) is 4.27. The number of hydrogen-bond donors (Lipinski definition) is 1. The molecular formula is C18H25N5O2S. The van der Waals surface area contributed by atoms with E-state index >= 15 is 0 Å². The number of β-amino-alcohol motifs (C(OH)–C–C–N with tert-alkyl or cyclic N) is 1. The van der Waals surface area contributed by atoms with Crippen LogP contribution in [0.2, 0.25) is 0 Å². The number of likely N-dealkylation sites (N-methyl/N-ethyl adjacent to an activating group) is 1. The van der Waals surface area contributed by atoms with Gasteiger partial charge in [-0.1, -0.05) is 0 Å². The van der Waals surface area contributed by atoms with E-state index in [4.69, 9.17) is 4.42 Å². The predicted octanol–water partition coefficient (Wildman–Crippen LogP) is 1.01. The lowest BCUT2D eigenvalue weighted by Crippen LogP contribution is -2.52. The standard InChI is InChI=1S/C18H25N5O2S/c1-21-7-9-23(10-8-21)15-12-22(13-16(15)24)11-14-3-4-17(25-14)26-18-19-5-2-6-20-18/h2-6,15-16,24H,7-13H2,1H3. The SMILES string of the molecule is CN1CCN(C2CN(Cc3ccc(Sc4ncccn4)o3)CC2O)CC1. The van der Waals surface area contributed by atoms with E-state index in [0.717, 1.165) is 50.1 Å². The van der Waals surface area contributed by atoms with Gasteiger partial charge in [-0.25, -0.2) is 9.97 Å². The van der Waals surface area contributed by atoms with Crippen LogP contribution >= 0.6 is 11.8 Å². The molecule has 2 atom stereocenters. The molecule has 4 rings (SSSR count). The van der Waals surface area contributed by atoms with Gasteiger partial charge in [0.05, 0.1) is 12.6 Å². The zero-order valence-electron chi connectivity index (χ0n) is 15.0. The molecule has 0 spiro atoms. The number of nitrogens with zero attached hydrogens (tertiary/aromatic N) is 5. The quantitative estimate of drug-likeness (QED) is 0.777. The summed E-state index contributed by atoms with van der Waals surface area (Å²) in [6, 6.07) is 5.99. The summed E-state index contributed by atoms with van der Waals surface area (Å²) in [4.78, 5) is 15.5. The summed E-state index contributed by atoms with van der Waals surface area (Å²) in [6.07, 6.45) is 3.16. The second-order valence-corrected chi connectivity index (χ2v) is 7.99. The zero-order chi connectivity index (χ0) is 17.9. The fraction of sp³-hybridized carbons (Fsp3) is 0.556. The third-order valence-electron chi connectivity index (χ3n) is 5.09. The molecule has 0 aromatic carbocycles. The largest absolute Gasteiger partial charge is 0.453 e. The van der Waals surface area contributed by atoms with Crippen LogP contribution in [0, 0.1) is 0 Å². The monoisotopic (exact) mass is 375 g/mol. The number of likely N-dealkylation sites (tertiary alicyclic amines) is 1. The molecule has 4 heterocycles. The predicted molar refractivity (Wildman–Crippen MR) is 99.0 cm³/mol. The second kappa shape index (κ2) is 8.06. The lowest BCUT2D eigenvalue weighted by Gasteiger charge is -2.37. The molecule has 0 radical (unpaired) electrons. The Bertz CT molecular complexity index is 705. The van der Waals surface area contributed by atoms with Crippen molar-refractivity contribution < 1.29 is 9.52 Å². The number of rotatable bonds is 5. The number of piperazine rings is 1. The molecular weight excluding hydrogens is 350 g/mol. The van der Waals surface area contributed by atoms with E-state index in [1.165, 1.54) is 11.8 Å². The van der Waals surface area contributed by atoms with Gasteiger partial charge in [0, 0.05) is 57.7 Å². The van der Waals surface area contributed by atoms with Crippen LogP contribution in [0.15, 0.2) is 45.3 Å². The van der Waals surface area contributed by atoms with E-state index in [1.807, 2.05) is 12.1 Å². The van der Waals surface area contributed by atoms with Crippen molar-refractivity contribution in [2.75, 3.05) is 46.3 Å². The summed E-state index contributed by atoms with van der Waals surface area (Å²) in [6.45, 7) is 6.51. The van der Waals surface area contributed by atoms with Crippen molar-refractivity contribution in [2.45, 2.75) is 28.9 Å². The van der Waals surface area contributed by atoms with Gasteiger partial charge >= 0.3 is 0 Å². The number of hydrogen-bond acceptors (Lipinski definition) is 8. The van der Waals surface area contributed by atoms with Crippen LogP contribution in [0.3, 0.4) is 0 Å². The third-order valence-corrected chi connectivity index (χ3v) is 5.91. The second-order valence-electron chi connectivity index (χ2n) is 7.02. The minimum atomic E-state index is -0.292. The molecule has 7 nitrogen and oxygen atoms in total. The lowest BCUT2D eigenvalue weighted by atomic mass is 10.1. The highest BCUT2D eigenvalue weighted by Gasteiger charge is 2.36. The smallest absolute Gasteiger partial charge is 0.195 e. The summed E-state index contributed by atoms with van der Waals surface area (Å²) in [5.74, 6) is 0.912. The van der Waals surface area contributed by atoms with Crippen LogP contribution in [0.25, 0.3) is 0 Å². The maximum atomic E-state index is 10.5. The average Bonchev–Trinajstić information content (AvgIpc) is 3.23. The molecule has 0 saturated carbocycles. The van der Waals surface area contributed by atoms with Crippen molar-refractivity contribution in [3.05, 3.63) is 36.4 Å². The molecule has 0 bridgehead atoms. The maximum Gasteiger partial charge on any atom is 0.195 e. The molecule has 2 saturated heterocycles. The van der Waals surface area contributed by atoms with Crippen molar-refractivity contribution in [3.8, 4) is 0 Å². The average molecular weight is 375 g/mol. The lowest BCUT2D eigenvalue weighted by molar-refractivity contribution is 0.0512. The topological polar surface area (TPSA) is 68.9 Å². The highest BCUT2D eigenvalue weighted by Crippen LogP contribution is 2.27. The van der Waals surface area contributed by atoms with Crippen LogP contribution in [0.1, 0.15) is 5.76 Å². The fourth-order valence-electron chi connectivity index (χ4n) is 3.64. The van der Waals surface area contributed by atoms with Crippen LogP contribution in [-0.4, -0.2) is 88.2 Å². The molecule has 26 heavy (non-hydrogen) atoms. The van der Waals surface area contributed by atoms with Gasteiger partial charge in [0.25, 0.3) is 0 Å². The van der Waals surface area contributed by atoms with E-state index < -0.39 is 0 Å². The van der Waals surface area contributed by atoms with Gasteiger partial charge in [0.15, 0.2) is 10.2 Å². The Hall–Kier alpha value is -1.45. The molecule has 140 valence electrons. The van der Waals surface area contributed by atoms with Crippen molar-refractivity contribution >= 4 is 11.8 Å². The summed E-state index contributed by atoms with van der Waals surface area (Å²) in [5, 5.41) is 12.0. The first kappa shape index (κ1) is 17.9. The van der Waals surface area contributed by atoms with E-state index in [-0.39, 0.29) is 12.1 Å². The Labute approximate surface area is 158 Å². The maximum absolute atomic E-state index is 10.5. The summed E-state index contributed by atoms with van der Waals surface area (Å²) < 4.78 is 5.92. The molecule has 8 heteroatoms. The van der Waals surface area contributed by atoms with E-state index in [1.54, 1.807) is 18.5 Å². The van der Waals surface area contributed by atoms with Crippen molar-refractivity contribution in [1.29, 1.82) is 0 Å². The van der Waals surface area contributed by atoms with E-state index in [9.17, 15) is 5.11 Å². The van der Waals surface area contributed by atoms with Gasteiger partial charge in [0.2, 0.25) is 0 Å². The minimum Gasteiger partial charge on any atom is -0.453 e. The van der Waals surface area contributed by atoms with Crippen LogP contribution in [-0.2, 0) is 6.54 Å². The molecule has 2 fully saturated rings. The molecule has 2 aliphatic rings. The number of aliphatic hydroxyl groups is 1. The Balaban J connectivity index is 1.32. The summed E-state index contributed by atoms with van der Waals surface area (Å²) in [7, 11) is 2.15. The van der Waals surface area contributed by atoms with E-state index in [0.29, 0.717) is 11.7 Å². The van der Waals surface area contributed by atoms with Gasteiger partial charge in [-0.05, 0) is 37.0 Å². The molecule has 2 aromatic heterocycles. The Morgan fingerprint density at radius 1 is 1.15 bits per heavy atom. The van der Waals surface area contributed by atoms with Gasteiger partial charge in [-0.15, -0.1) is 0 Å². The first-order valence-electron chi connectivity index (χ1n) is 9.04. The molecule has 2 aromatic rings. The first-order valence-corrected chi connectivity index (χ1v) is 9.85. The number of aliphatic hydroxyl groups excluding tert-OH is 1. The Kier molecular flexibility index (Phi) is 5.56. The summed E-state index contributed by atoms with van der Waals surface area (Å²) >= 11 is 1.42. The van der Waals surface area contributed by atoms with Crippen LogP contribution < -0.4 is 0 Å². The van der Waals surface area contributed by atoms with Gasteiger partial charge in [-0.2, -0.15) is 0 Å². The fourth-order valence-corrected chi connectivity index (χ4v) is 4.33. The van der Waals surface area contributed by atoms with Gasteiger partial charge in [-0.3, -0.25) is 9.80 Å². The highest BCUT2D eigenvalue weighted by molar-refractivity contribution is 7.99. The molecule has 2 aliphatic heterocycles. The summed E-state index contributed by atoms with van der Waals surface area (Å²) in [5.41, 5.74) is 0. The normalized spacial score (nSPS) is 25.8. The van der Waals surface area contributed by atoms with Crippen molar-refractivity contribution in [2.24, 2.45) is 0 Å².